The number of allylic oxidation sites excluding steroid dienone is 2. The molecule has 0 radical (unpaired) electrons. The van der Waals surface area contributed by atoms with Crippen molar-refractivity contribution < 1.29 is 9.66 Å². The van der Waals surface area contributed by atoms with E-state index in [0.29, 0.717) is 0 Å². The van der Waals surface area contributed by atoms with Crippen LogP contribution in [0.25, 0.3) is 0 Å². The van der Waals surface area contributed by atoms with E-state index in [1.807, 2.05) is 42.5 Å². The van der Waals surface area contributed by atoms with Crippen molar-refractivity contribution >= 4 is 11.6 Å². The Labute approximate surface area is 129 Å². The fourth-order valence-electron chi connectivity index (χ4n) is 2.57. The lowest BCUT2D eigenvalue weighted by molar-refractivity contribution is -0.530. The number of methoxy groups -OCH3 is 1. The van der Waals surface area contributed by atoms with Gasteiger partial charge in [-0.3, -0.25) is 10.1 Å². The first kappa shape index (κ1) is 15.7. The number of halogens is 1. The lowest BCUT2D eigenvalue weighted by Crippen LogP contribution is -2.46. The summed E-state index contributed by atoms with van der Waals surface area (Å²) in [4.78, 5) is 9.62. The Kier molecular flexibility index (Phi) is 4.80. The molecule has 2 unspecified atom stereocenters. The zero-order chi connectivity index (χ0) is 15.5. The molecule has 0 N–H and O–H groups in total. The van der Waals surface area contributed by atoms with E-state index in [9.17, 15) is 10.1 Å². The summed E-state index contributed by atoms with van der Waals surface area (Å²) in [6.07, 6.45) is 6.78. The van der Waals surface area contributed by atoms with Gasteiger partial charge in [-0.05, 0) is 5.56 Å². The predicted molar refractivity (Wildman–Crippen MR) is 83.3 cm³/mol. The van der Waals surface area contributed by atoms with E-state index >= 15 is 0 Å². The third-order valence-corrected chi connectivity index (χ3v) is 4.23. The van der Waals surface area contributed by atoms with Crippen LogP contribution in [0.1, 0.15) is 18.4 Å². The molecule has 1 aliphatic carbocycles. The van der Waals surface area contributed by atoms with Crippen LogP contribution in [-0.4, -0.2) is 29.1 Å². The Hall–Kier alpha value is -1.65. The maximum atomic E-state index is 11.0. The van der Waals surface area contributed by atoms with E-state index in [-0.39, 0.29) is 10.8 Å². The van der Waals surface area contributed by atoms with Crippen LogP contribution < -0.4 is 0 Å². The minimum Gasteiger partial charge on any atom is -0.372 e. The lowest BCUT2D eigenvalue weighted by Gasteiger charge is -2.32. The van der Waals surface area contributed by atoms with Crippen LogP contribution in [0.4, 0.5) is 0 Å². The summed E-state index contributed by atoms with van der Waals surface area (Å²) < 4.78 is 5.28. The normalized spacial score (nSPS) is 27.3. The van der Waals surface area contributed by atoms with Gasteiger partial charge in [-0.15, -0.1) is 11.6 Å². The Bertz CT molecular complexity index is 542. The van der Waals surface area contributed by atoms with Gasteiger partial charge >= 0.3 is 0 Å². The van der Waals surface area contributed by atoms with Gasteiger partial charge in [-0.1, -0.05) is 54.6 Å². The number of nitrogens with zero attached hydrogens (tertiary/aromatic N) is 1. The van der Waals surface area contributed by atoms with Crippen molar-refractivity contribution in [1.82, 2.24) is 0 Å². The SMILES string of the molecule is COC(C(C)[N+](=O)[O-])C1(Cl)C=CC(c2ccccc2)C=C1. The van der Waals surface area contributed by atoms with Crippen LogP contribution >= 0.6 is 11.6 Å². The minimum atomic E-state index is -0.994. The average Bonchev–Trinajstić information content (AvgIpc) is 2.49. The molecule has 0 saturated heterocycles. The zero-order valence-electron chi connectivity index (χ0n) is 12.0. The summed E-state index contributed by atoms with van der Waals surface area (Å²) in [6.45, 7) is 1.50. The van der Waals surface area contributed by atoms with Crippen molar-refractivity contribution in [2.24, 2.45) is 0 Å². The van der Waals surface area contributed by atoms with E-state index in [2.05, 4.69) is 0 Å². The average molecular weight is 308 g/mol. The summed E-state index contributed by atoms with van der Waals surface area (Å²) in [6, 6.07) is 9.10. The molecule has 1 aliphatic rings. The Morgan fingerprint density at radius 3 is 2.33 bits per heavy atom. The summed E-state index contributed by atoms with van der Waals surface area (Å²) in [5.74, 6) is 0.126. The van der Waals surface area contributed by atoms with E-state index in [1.54, 1.807) is 12.2 Å². The van der Waals surface area contributed by atoms with Crippen molar-refractivity contribution in [3.8, 4) is 0 Å². The van der Waals surface area contributed by atoms with Gasteiger partial charge in [0, 0.05) is 24.9 Å². The topological polar surface area (TPSA) is 52.4 Å². The largest absolute Gasteiger partial charge is 0.372 e. The number of hydrogen-bond acceptors (Lipinski definition) is 3. The second-order valence-corrected chi connectivity index (χ2v) is 5.82. The van der Waals surface area contributed by atoms with Gasteiger partial charge in [0.2, 0.25) is 6.04 Å². The lowest BCUT2D eigenvalue weighted by atomic mass is 9.86. The molecule has 0 aromatic heterocycles. The molecule has 21 heavy (non-hydrogen) atoms. The number of nitro groups is 1. The molecule has 0 heterocycles. The number of rotatable bonds is 5. The van der Waals surface area contributed by atoms with Gasteiger partial charge < -0.3 is 4.74 Å². The third-order valence-electron chi connectivity index (χ3n) is 3.76. The Morgan fingerprint density at radius 2 is 1.86 bits per heavy atom. The minimum absolute atomic E-state index is 0.126. The molecule has 4 nitrogen and oxygen atoms in total. The molecule has 0 spiro atoms. The monoisotopic (exact) mass is 307 g/mol. The fraction of sp³-hybridized carbons (Fsp3) is 0.375. The molecule has 0 amide bonds. The maximum absolute atomic E-state index is 11.0. The first-order chi connectivity index (χ1) is 9.98. The summed E-state index contributed by atoms with van der Waals surface area (Å²) >= 11 is 6.53. The quantitative estimate of drug-likeness (QED) is 0.362. The highest BCUT2D eigenvalue weighted by Crippen LogP contribution is 2.35. The highest BCUT2D eigenvalue weighted by atomic mass is 35.5. The molecule has 5 heteroatoms. The first-order valence-corrected chi connectivity index (χ1v) is 7.14. The van der Waals surface area contributed by atoms with Crippen LogP contribution in [0.3, 0.4) is 0 Å². The van der Waals surface area contributed by atoms with E-state index in [0.717, 1.165) is 5.56 Å². The molecule has 0 fully saturated rings. The fourth-order valence-corrected chi connectivity index (χ4v) is 2.98. The van der Waals surface area contributed by atoms with Crippen LogP contribution in [0.5, 0.6) is 0 Å². The van der Waals surface area contributed by atoms with E-state index in [4.69, 9.17) is 16.3 Å². The molecule has 0 aliphatic heterocycles. The zero-order valence-corrected chi connectivity index (χ0v) is 12.7. The highest BCUT2D eigenvalue weighted by molar-refractivity contribution is 6.27. The van der Waals surface area contributed by atoms with Crippen LogP contribution in [0.2, 0.25) is 0 Å². The second-order valence-electron chi connectivity index (χ2n) is 5.16. The Morgan fingerprint density at radius 1 is 1.29 bits per heavy atom. The second kappa shape index (κ2) is 6.41. The van der Waals surface area contributed by atoms with Crippen molar-refractivity contribution in [2.75, 3.05) is 7.11 Å². The summed E-state index contributed by atoms with van der Waals surface area (Å²) in [5, 5.41) is 11.0. The molecule has 1 aromatic rings. The van der Waals surface area contributed by atoms with Gasteiger partial charge in [0.15, 0.2) is 0 Å². The highest BCUT2D eigenvalue weighted by Gasteiger charge is 2.43. The number of hydrogen-bond donors (Lipinski definition) is 0. The van der Waals surface area contributed by atoms with Gasteiger partial charge in [0.25, 0.3) is 0 Å². The molecular weight excluding hydrogens is 290 g/mol. The molecule has 1 aromatic carbocycles. The summed E-state index contributed by atoms with van der Waals surface area (Å²) in [5.41, 5.74) is 1.15. The van der Waals surface area contributed by atoms with Gasteiger partial charge in [0.05, 0.1) is 0 Å². The molecule has 0 bridgehead atoms. The molecule has 2 rings (SSSR count). The summed E-state index contributed by atoms with van der Waals surface area (Å²) in [7, 11) is 1.44. The molecule has 2 atom stereocenters. The van der Waals surface area contributed by atoms with Crippen molar-refractivity contribution in [1.29, 1.82) is 0 Å². The van der Waals surface area contributed by atoms with E-state index in [1.165, 1.54) is 14.0 Å². The number of benzene rings is 1. The Balaban J connectivity index is 2.20. The van der Waals surface area contributed by atoms with Gasteiger partial charge in [0.1, 0.15) is 11.0 Å². The molecular formula is C16H18ClNO3. The van der Waals surface area contributed by atoms with Crippen LogP contribution in [-0.2, 0) is 4.74 Å². The maximum Gasteiger partial charge on any atom is 0.238 e. The van der Waals surface area contributed by atoms with Crippen molar-refractivity contribution in [3.05, 3.63) is 70.3 Å². The third kappa shape index (κ3) is 3.34. The number of alkyl halides is 1. The van der Waals surface area contributed by atoms with Gasteiger partial charge in [-0.25, -0.2) is 0 Å². The standard InChI is InChI=1S/C16H18ClNO3/c1-12(18(19)20)15(21-2)16(17)10-8-14(9-11-16)13-6-4-3-5-7-13/h3-12,14-15H,1-2H3. The first-order valence-electron chi connectivity index (χ1n) is 6.77. The smallest absolute Gasteiger partial charge is 0.238 e. The van der Waals surface area contributed by atoms with Crippen molar-refractivity contribution in [2.45, 2.75) is 29.9 Å². The predicted octanol–water partition coefficient (Wildman–Crippen LogP) is 3.55. The van der Waals surface area contributed by atoms with Crippen LogP contribution in [0, 0.1) is 10.1 Å². The molecule has 0 saturated carbocycles. The van der Waals surface area contributed by atoms with Crippen molar-refractivity contribution in [3.63, 3.8) is 0 Å². The number of ether oxygens (including phenoxy) is 1. The van der Waals surface area contributed by atoms with E-state index < -0.39 is 17.0 Å². The van der Waals surface area contributed by atoms with Gasteiger partial charge in [-0.2, -0.15) is 0 Å². The molecule has 112 valence electrons. The van der Waals surface area contributed by atoms with Crippen LogP contribution in [0.15, 0.2) is 54.6 Å².